The van der Waals surface area contributed by atoms with Crippen molar-refractivity contribution in [2.24, 2.45) is 0 Å². The average Bonchev–Trinajstić information content (AvgIpc) is 2.30. The van der Waals surface area contributed by atoms with Crippen molar-refractivity contribution in [2.45, 2.75) is 24.9 Å². The Labute approximate surface area is 111 Å². The zero-order valence-corrected chi connectivity index (χ0v) is 10.5. The molecule has 0 saturated heterocycles. The summed E-state index contributed by atoms with van der Waals surface area (Å²) in [6.45, 7) is 2.21. The van der Waals surface area contributed by atoms with Gasteiger partial charge >= 0.3 is 49.7 Å². The van der Waals surface area contributed by atoms with Crippen molar-refractivity contribution in [1.29, 1.82) is 0 Å². The number of pyridine rings is 1. The van der Waals surface area contributed by atoms with Gasteiger partial charge in [-0.25, -0.2) is 9.37 Å². The quantitative estimate of drug-likeness (QED) is 0.736. The average molecular weight is 235 g/mol. The van der Waals surface area contributed by atoms with E-state index in [4.69, 9.17) is 10.0 Å². The van der Waals surface area contributed by atoms with Crippen LogP contribution in [0, 0.1) is 5.82 Å². The molecule has 17 heavy (non-hydrogen) atoms. The fraction of sp³-hybridized carbons (Fsp3) is 0.500. The van der Waals surface area contributed by atoms with Gasteiger partial charge in [0.15, 0.2) is 0 Å². The van der Waals surface area contributed by atoms with Crippen molar-refractivity contribution in [1.82, 2.24) is 4.98 Å². The van der Waals surface area contributed by atoms with Crippen LogP contribution in [0.15, 0.2) is 12.3 Å². The second-order valence-electron chi connectivity index (χ2n) is 3.48. The molecule has 0 bridgehead atoms. The molecule has 1 aromatic rings. The first-order valence-corrected chi connectivity index (χ1v) is 5.62. The van der Waals surface area contributed by atoms with Gasteiger partial charge in [0.2, 0.25) is 5.88 Å². The predicted molar refractivity (Wildman–Crippen MR) is 66.0 cm³/mol. The molecule has 0 saturated carbocycles. The van der Waals surface area contributed by atoms with Gasteiger partial charge in [-0.3, -0.25) is 0 Å². The van der Waals surface area contributed by atoms with Gasteiger partial charge in [0.05, 0.1) is 13.3 Å². The van der Waals surface area contributed by atoms with E-state index in [-0.39, 0.29) is 11.3 Å². The first-order valence-electron chi connectivity index (χ1n) is 5.62. The molecule has 1 heterocycles. The molecule has 1 aromatic heterocycles. The third-order valence-electron chi connectivity index (χ3n) is 2.02. The molecule has 0 amide bonds. The molecule has 90 valence electrons. The molecule has 0 fully saturated rings. The van der Waals surface area contributed by atoms with Crippen molar-refractivity contribution >= 4 is 30.3 Å². The van der Waals surface area contributed by atoms with Gasteiger partial charge in [0.1, 0.15) is 5.82 Å². The number of halogens is 1. The topological polar surface area (TPSA) is 62.6 Å². The number of nitrogens with zero attached hydrogens (tertiary/aromatic N) is 1. The van der Waals surface area contributed by atoms with Crippen LogP contribution in [0.1, 0.15) is 19.8 Å². The second-order valence-corrected chi connectivity index (χ2v) is 3.48. The maximum absolute atomic E-state index is 12.5. The van der Waals surface area contributed by atoms with Crippen LogP contribution in [-0.2, 0) is 0 Å². The molecule has 0 aliphatic heterocycles. The summed E-state index contributed by atoms with van der Waals surface area (Å²) < 4.78 is 17.2. The summed E-state index contributed by atoms with van der Waals surface area (Å²) in [5.74, 6) is -0.634. The molecular formula is C10H16BFLiNO3. The van der Waals surface area contributed by atoms with Gasteiger partial charge in [-0.05, 0) is 6.07 Å². The zero-order valence-electron chi connectivity index (χ0n) is 10.5. The number of hydrogen-bond acceptors (Lipinski definition) is 4. The third-order valence-corrected chi connectivity index (χ3v) is 2.02. The Bertz CT molecular complexity index is 326. The van der Waals surface area contributed by atoms with Gasteiger partial charge in [-0.2, -0.15) is 0 Å². The molecule has 0 aliphatic rings. The first-order chi connectivity index (χ1) is 8.06. The van der Waals surface area contributed by atoms with Crippen LogP contribution in [-0.4, -0.2) is 47.0 Å². The second kappa shape index (κ2) is 9.49. The molecule has 0 aromatic carbocycles. The van der Waals surface area contributed by atoms with Gasteiger partial charge in [0, 0.05) is 5.46 Å². The van der Waals surface area contributed by atoms with E-state index in [2.05, 4.69) is 34.4 Å². The predicted octanol–water partition coefficient (Wildman–Crippen LogP) is 0.282. The summed E-state index contributed by atoms with van der Waals surface area (Å²) in [7, 11) is -0.463. The van der Waals surface area contributed by atoms with Crippen LogP contribution in [0.25, 0.3) is 0 Å². The third kappa shape index (κ3) is 6.69. The Kier molecular flexibility index (Phi) is 9.19. The molecule has 0 radical (unpaired) electrons. The fourth-order valence-corrected chi connectivity index (χ4v) is 1.15. The summed E-state index contributed by atoms with van der Waals surface area (Å²) in [5.41, 5.74) is -0.0856. The molecule has 0 atom stereocenters. The van der Waals surface area contributed by atoms with E-state index < -0.39 is 12.9 Å². The van der Waals surface area contributed by atoms with Crippen LogP contribution in [0.3, 0.4) is 0 Å². The first kappa shape index (κ1) is 16.5. The van der Waals surface area contributed by atoms with Gasteiger partial charge in [0.25, 0.3) is 0 Å². The monoisotopic (exact) mass is 235 g/mol. The Morgan fingerprint density at radius 1 is 1.53 bits per heavy atom. The summed E-state index contributed by atoms with van der Waals surface area (Å²) in [6.07, 6.45) is 3.67. The van der Waals surface area contributed by atoms with E-state index in [9.17, 15) is 4.39 Å². The van der Waals surface area contributed by atoms with Crippen molar-refractivity contribution in [3.05, 3.63) is 18.1 Å². The van der Waals surface area contributed by atoms with E-state index in [1.54, 1.807) is 0 Å². The number of aromatic nitrogens is 1. The Morgan fingerprint density at radius 3 is 2.53 bits per heavy atom. The molecule has 0 aliphatic carbocycles. The summed E-state index contributed by atoms with van der Waals surface area (Å²) >= 11 is 2.21. The Morgan fingerprint density at radius 2 is 2.18 bits per heavy atom. The normalized spacial score (nSPS) is 9.35. The van der Waals surface area contributed by atoms with Gasteiger partial charge < -0.3 is 14.8 Å². The van der Waals surface area contributed by atoms with Crippen LogP contribution in [0.2, 0.25) is 5.09 Å². The van der Waals surface area contributed by atoms with Crippen LogP contribution in [0.5, 0.6) is 5.88 Å². The summed E-state index contributed by atoms with van der Waals surface area (Å²) in [4.78, 5) is 3.50. The number of hydrogen-bond donors (Lipinski definition) is 2. The van der Waals surface area contributed by atoms with Crippen LogP contribution in [0.4, 0.5) is 4.39 Å². The maximum atomic E-state index is 12.5. The molecule has 0 spiro atoms. The number of methoxy groups -OCH3 is 1. The van der Waals surface area contributed by atoms with Gasteiger partial charge in [-0.1, -0.05) is 0 Å². The molecule has 4 nitrogen and oxygen atoms in total. The molecule has 2 N–H and O–H groups in total. The van der Waals surface area contributed by atoms with E-state index >= 15 is 0 Å². The standard InChI is InChI=1S/C6H7BFNO3.C4H9.Li/c1-12-6-5(7(10)11)2-4(8)3-9-6;1-3-4-2;/h2-3,10-11H,1H3;1,3-4H2,2H3;. The number of rotatable bonds is 4. The molecule has 7 heteroatoms. The Hall–Kier alpha value is -0.538. The Balaban J connectivity index is 0.000000437. The van der Waals surface area contributed by atoms with E-state index in [1.807, 2.05) is 0 Å². The van der Waals surface area contributed by atoms with E-state index in [1.165, 1.54) is 25.0 Å². The van der Waals surface area contributed by atoms with Crippen molar-refractivity contribution in [2.75, 3.05) is 7.11 Å². The van der Waals surface area contributed by atoms with Crippen LogP contribution < -0.4 is 10.2 Å². The number of ether oxygens (including phenoxy) is 1. The van der Waals surface area contributed by atoms with Crippen molar-refractivity contribution < 1.29 is 19.2 Å². The number of unbranched alkanes of at least 4 members (excludes halogenated alkanes) is 1. The summed E-state index contributed by atoms with van der Waals surface area (Å²) in [6, 6.07) is 0.955. The van der Waals surface area contributed by atoms with Crippen molar-refractivity contribution in [3.63, 3.8) is 0 Å². The molecule has 0 unspecified atom stereocenters. The fourth-order valence-electron chi connectivity index (χ4n) is 1.15. The van der Waals surface area contributed by atoms with E-state index in [0.29, 0.717) is 0 Å². The van der Waals surface area contributed by atoms with Crippen molar-refractivity contribution in [3.8, 4) is 5.88 Å². The van der Waals surface area contributed by atoms with Gasteiger partial charge in [-0.15, -0.1) is 0 Å². The molecular weight excluding hydrogens is 219 g/mol. The van der Waals surface area contributed by atoms with Crippen LogP contribution >= 0.6 is 0 Å². The minimum atomic E-state index is -1.77. The van der Waals surface area contributed by atoms with E-state index in [0.717, 1.165) is 12.3 Å². The zero-order chi connectivity index (χ0) is 13.3. The minimum absolute atomic E-state index is 0.00593. The SMILES string of the molecule is COc1ncc(F)cc1B(O)O.[Li][CH2]CCC. The molecule has 1 rings (SSSR count). The summed E-state index contributed by atoms with van der Waals surface area (Å²) in [5, 5.41) is 18.8.